The van der Waals surface area contributed by atoms with Crippen molar-refractivity contribution in [3.05, 3.63) is 48.4 Å². The largest absolute Gasteiger partial charge is 0.397 e. The number of benzene rings is 1. The Bertz CT molecular complexity index is 1260. The lowest BCUT2D eigenvalue weighted by molar-refractivity contribution is -0.0442. The van der Waals surface area contributed by atoms with Crippen molar-refractivity contribution in [2.24, 2.45) is 5.73 Å². The van der Waals surface area contributed by atoms with Gasteiger partial charge in [-0.2, -0.15) is 0 Å². The fourth-order valence-electron chi connectivity index (χ4n) is 4.85. The van der Waals surface area contributed by atoms with Gasteiger partial charge >= 0.3 is 6.03 Å². The fraction of sp³-hybridized carbons (Fsp3) is 0.536. The lowest BCUT2D eigenvalue weighted by atomic mass is 9.87. The highest BCUT2D eigenvalue weighted by Gasteiger charge is 2.44. The van der Waals surface area contributed by atoms with Crippen LogP contribution in [-0.4, -0.2) is 86.7 Å². The number of anilines is 2. The Labute approximate surface area is 234 Å². The molecule has 1 saturated heterocycles. The Morgan fingerprint density at radius 3 is 2.52 bits per heavy atom. The van der Waals surface area contributed by atoms with Crippen LogP contribution in [0, 0.1) is 0 Å². The summed E-state index contributed by atoms with van der Waals surface area (Å²) in [7, 11) is 0. The minimum Gasteiger partial charge on any atom is -0.397 e. The van der Waals surface area contributed by atoms with Crippen LogP contribution in [0.3, 0.4) is 0 Å². The smallest absolute Gasteiger partial charge is 0.319 e. The summed E-state index contributed by atoms with van der Waals surface area (Å²) in [5.41, 5.74) is 15.2. The Morgan fingerprint density at radius 1 is 1.10 bits per heavy atom. The van der Waals surface area contributed by atoms with Gasteiger partial charge in [-0.3, -0.25) is 4.57 Å². The summed E-state index contributed by atoms with van der Waals surface area (Å²) in [4.78, 5) is 23.1. The lowest BCUT2D eigenvalue weighted by Crippen LogP contribution is -2.42. The maximum Gasteiger partial charge on any atom is 0.319 e. The number of nitrogens with two attached hydrogens (primary N) is 2. The molecule has 3 heterocycles. The van der Waals surface area contributed by atoms with Gasteiger partial charge in [0.2, 0.25) is 0 Å². The monoisotopic (exact) mass is 554 g/mol. The number of carbonyl (C=O) groups is 1. The van der Waals surface area contributed by atoms with E-state index in [-0.39, 0.29) is 11.4 Å². The Balaban J connectivity index is 1.28. The van der Waals surface area contributed by atoms with Gasteiger partial charge in [0.05, 0.1) is 12.0 Å². The van der Waals surface area contributed by atoms with Crippen LogP contribution in [0.25, 0.3) is 11.2 Å². The highest BCUT2D eigenvalue weighted by molar-refractivity contribution is 5.89. The summed E-state index contributed by atoms with van der Waals surface area (Å²) in [6, 6.07) is 9.24. The molecule has 4 atom stereocenters. The van der Waals surface area contributed by atoms with Gasteiger partial charge in [0.25, 0.3) is 0 Å². The topological polar surface area (TPSA) is 177 Å². The zero-order valence-corrected chi connectivity index (χ0v) is 23.5. The third-order valence-electron chi connectivity index (χ3n) is 7.17. The van der Waals surface area contributed by atoms with E-state index in [1.165, 1.54) is 11.9 Å². The van der Waals surface area contributed by atoms with Crippen molar-refractivity contribution in [2.45, 2.75) is 63.6 Å². The number of pyridine rings is 1. The van der Waals surface area contributed by atoms with E-state index in [1.54, 1.807) is 16.8 Å². The molecule has 0 aliphatic carbocycles. The van der Waals surface area contributed by atoms with E-state index in [4.69, 9.17) is 16.2 Å². The van der Waals surface area contributed by atoms with Crippen LogP contribution in [0.15, 0.2) is 42.9 Å². The van der Waals surface area contributed by atoms with Gasteiger partial charge in [0, 0.05) is 25.0 Å². The molecule has 2 amide bonds. The normalized spacial score (nSPS) is 21.3. The molecule has 1 aliphatic heterocycles. The molecule has 40 heavy (non-hydrogen) atoms. The lowest BCUT2D eigenvalue weighted by Gasteiger charge is -2.26. The molecule has 0 radical (unpaired) electrons. The van der Waals surface area contributed by atoms with E-state index in [0.29, 0.717) is 56.0 Å². The number of aromatic nitrogens is 3. The number of ether oxygens (including phenoxy) is 1. The number of aliphatic hydroxyl groups is 2. The molecular formula is C28H42N8O4. The number of amides is 2. The standard InChI is InChI=1S/C28H42N8O4/c1-28(2,3)18-6-8-19(9-7-18)34-27(39)32-12-5-15-35(14-4-11-29)16-21-23(37)24(38)26(40-21)36-17-33-22-20(30)10-13-31-25(22)36/h6-10,13,17,21,23-24,26,37-38H,4-5,11-12,14-16,29H2,1-3H3,(H2,30,31)(H2,32,34,39)/t21-,23-,24-,26-/m1/s1. The molecule has 218 valence electrons. The minimum absolute atomic E-state index is 0.0504. The second kappa shape index (κ2) is 12.9. The second-order valence-electron chi connectivity index (χ2n) is 11.3. The second-order valence-corrected chi connectivity index (χ2v) is 11.3. The first-order valence-corrected chi connectivity index (χ1v) is 13.7. The number of aliphatic hydroxyl groups excluding tert-OH is 2. The van der Waals surface area contributed by atoms with E-state index in [9.17, 15) is 15.0 Å². The molecular weight excluding hydrogens is 512 g/mol. The van der Waals surface area contributed by atoms with Gasteiger partial charge in [-0.1, -0.05) is 32.9 Å². The van der Waals surface area contributed by atoms with Crippen LogP contribution < -0.4 is 22.1 Å². The number of imidazole rings is 1. The van der Waals surface area contributed by atoms with E-state index >= 15 is 0 Å². The number of nitrogens with one attached hydrogen (secondary N) is 2. The molecule has 3 aromatic rings. The summed E-state index contributed by atoms with van der Waals surface area (Å²) < 4.78 is 7.72. The number of hydrogen-bond donors (Lipinski definition) is 6. The van der Waals surface area contributed by atoms with Crippen molar-refractivity contribution >= 4 is 28.6 Å². The Morgan fingerprint density at radius 2 is 1.82 bits per heavy atom. The van der Waals surface area contributed by atoms with Crippen molar-refractivity contribution < 1.29 is 19.7 Å². The summed E-state index contributed by atoms with van der Waals surface area (Å²) in [6.07, 6.45) is 0.785. The zero-order chi connectivity index (χ0) is 28.9. The van der Waals surface area contributed by atoms with Crippen LogP contribution in [0.2, 0.25) is 0 Å². The quantitative estimate of drug-likeness (QED) is 0.193. The van der Waals surface area contributed by atoms with Gasteiger partial charge < -0.3 is 42.0 Å². The molecule has 0 saturated carbocycles. The number of nitrogen functional groups attached to an aromatic ring is 1. The highest BCUT2D eigenvalue weighted by Crippen LogP contribution is 2.32. The molecule has 12 heteroatoms. The molecule has 1 aromatic carbocycles. The van der Waals surface area contributed by atoms with Gasteiger partial charge in [-0.25, -0.2) is 14.8 Å². The Hall–Kier alpha value is -3.29. The molecule has 2 aromatic heterocycles. The van der Waals surface area contributed by atoms with Gasteiger partial charge in [0.1, 0.15) is 23.8 Å². The van der Waals surface area contributed by atoms with E-state index in [1.807, 2.05) is 24.3 Å². The van der Waals surface area contributed by atoms with Crippen LogP contribution in [0.1, 0.15) is 45.4 Å². The molecule has 0 unspecified atom stereocenters. The Kier molecular flexibility index (Phi) is 9.59. The van der Waals surface area contributed by atoms with Crippen molar-refractivity contribution in [3.63, 3.8) is 0 Å². The first-order chi connectivity index (χ1) is 19.1. The maximum atomic E-state index is 12.4. The predicted molar refractivity (Wildman–Crippen MR) is 155 cm³/mol. The molecule has 4 rings (SSSR count). The zero-order valence-electron chi connectivity index (χ0n) is 23.5. The van der Waals surface area contributed by atoms with Gasteiger partial charge in [0.15, 0.2) is 11.9 Å². The van der Waals surface area contributed by atoms with Crippen molar-refractivity contribution in [1.29, 1.82) is 0 Å². The average Bonchev–Trinajstić information content (AvgIpc) is 3.46. The molecule has 0 spiro atoms. The first-order valence-electron chi connectivity index (χ1n) is 13.7. The summed E-state index contributed by atoms with van der Waals surface area (Å²) >= 11 is 0. The summed E-state index contributed by atoms with van der Waals surface area (Å²) in [5, 5.41) is 27.4. The number of fused-ring (bicyclic) bond motifs is 1. The summed E-state index contributed by atoms with van der Waals surface area (Å²) in [5.74, 6) is 0. The number of nitrogens with zero attached hydrogens (tertiary/aromatic N) is 4. The van der Waals surface area contributed by atoms with Crippen LogP contribution >= 0.6 is 0 Å². The fourth-order valence-corrected chi connectivity index (χ4v) is 4.85. The first kappa shape index (κ1) is 29.7. The van der Waals surface area contributed by atoms with Crippen molar-refractivity contribution in [1.82, 2.24) is 24.8 Å². The number of hydrogen-bond acceptors (Lipinski definition) is 9. The molecule has 8 N–H and O–H groups in total. The minimum atomic E-state index is -1.16. The molecule has 12 nitrogen and oxygen atoms in total. The molecule has 1 fully saturated rings. The number of carbonyl (C=O) groups excluding carboxylic acids is 1. The van der Waals surface area contributed by atoms with Crippen LogP contribution in [0.4, 0.5) is 16.2 Å². The highest BCUT2D eigenvalue weighted by atomic mass is 16.6. The third-order valence-corrected chi connectivity index (χ3v) is 7.17. The van der Waals surface area contributed by atoms with Crippen molar-refractivity contribution in [3.8, 4) is 0 Å². The predicted octanol–water partition coefficient (Wildman–Crippen LogP) is 1.79. The average molecular weight is 555 g/mol. The maximum absolute atomic E-state index is 12.4. The van der Waals surface area contributed by atoms with Gasteiger partial charge in [-0.15, -0.1) is 0 Å². The summed E-state index contributed by atoms with van der Waals surface area (Å²) in [6.45, 7) is 9.18. The van der Waals surface area contributed by atoms with E-state index in [2.05, 4.69) is 46.3 Å². The van der Waals surface area contributed by atoms with Crippen molar-refractivity contribution in [2.75, 3.05) is 43.8 Å². The van der Waals surface area contributed by atoms with Crippen LogP contribution in [-0.2, 0) is 10.2 Å². The van der Waals surface area contributed by atoms with E-state index in [0.717, 1.165) is 12.1 Å². The van der Waals surface area contributed by atoms with Crippen LogP contribution in [0.5, 0.6) is 0 Å². The molecule has 1 aliphatic rings. The molecule has 0 bridgehead atoms. The SMILES string of the molecule is CC(C)(C)c1ccc(NC(=O)NCCCN(CCCN)C[C@H]2O[C@@H](n3cnc4c(N)ccnc43)[C@H](O)[C@@H]2O)cc1. The number of urea groups is 1. The third kappa shape index (κ3) is 7.07. The van der Waals surface area contributed by atoms with E-state index < -0.39 is 24.5 Å². The van der Waals surface area contributed by atoms with Gasteiger partial charge in [-0.05, 0) is 61.7 Å². The number of rotatable bonds is 11.